The number of hydrogen-bond donors (Lipinski definition) is 0. The van der Waals surface area contributed by atoms with Crippen molar-refractivity contribution in [2.75, 3.05) is 22.3 Å². The summed E-state index contributed by atoms with van der Waals surface area (Å²) in [5.41, 5.74) is 2.14. The van der Waals surface area contributed by atoms with Gasteiger partial charge in [-0.25, -0.2) is 12.8 Å². The molecule has 0 fully saturated rings. The van der Waals surface area contributed by atoms with Crippen molar-refractivity contribution in [3.63, 3.8) is 0 Å². The lowest BCUT2D eigenvalue weighted by atomic mass is 10.0. The van der Waals surface area contributed by atoms with Gasteiger partial charge in [-0.3, -0.25) is 9.10 Å². The first-order valence-electron chi connectivity index (χ1n) is 9.17. The van der Waals surface area contributed by atoms with Crippen LogP contribution < -0.4 is 9.21 Å². The number of aryl methyl sites for hydroxylation is 1. The number of halogens is 1. The monoisotopic (exact) mass is 430 g/mol. The van der Waals surface area contributed by atoms with Gasteiger partial charge in [-0.2, -0.15) is 0 Å². The van der Waals surface area contributed by atoms with Crippen LogP contribution in [0.2, 0.25) is 0 Å². The maximum atomic E-state index is 13.4. The van der Waals surface area contributed by atoms with Gasteiger partial charge in [0.15, 0.2) is 0 Å². The Balaban J connectivity index is 1.69. The van der Waals surface area contributed by atoms with Crippen molar-refractivity contribution < 1.29 is 17.6 Å². The summed E-state index contributed by atoms with van der Waals surface area (Å²) in [5.74, 6) is -0.792. The van der Waals surface area contributed by atoms with Crippen molar-refractivity contribution in [3.05, 3.63) is 77.4 Å². The SMILES string of the molecule is O=C(CN(c1ccc(F)cc1)S(=O)(=O)c1cccs1)N1CCCc2ccccc21. The van der Waals surface area contributed by atoms with Crippen LogP contribution in [0.15, 0.2) is 70.3 Å². The summed E-state index contributed by atoms with van der Waals surface area (Å²) < 4.78 is 41.0. The van der Waals surface area contributed by atoms with Crippen LogP contribution in [0.3, 0.4) is 0 Å². The Hall–Kier alpha value is -2.71. The first-order valence-corrected chi connectivity index (χ1v) is 11.5. The van der Waals surface area contributed by atoms with E-state index in [-0.39, 0.29) is 22.3 Å². The number of nitrogens with zero attached hydrogens (tertiary/aromatic N) is 2. The number of benzene rings is 2. The van der Waals surface area contributed by atoms with E-state index < -0.39 is 15.8 Å². The zero-order chi connectivity index (χ0) is 20.4. The standard InChI is InChI=1S/C21H19FN2O3S2/c22-17-9-11-18(12-10-17)24(29(26,27)21-8-4-14-28-21)15-20(25)23-13-3-6-16-5-1-2-7-19(16)23/h1-2,4-5,7-12,14H,3,6,13,15H2. The van der Waals surface area contributed by atoms with Crippen molar-refractivity contribution >= 4 is 38.6 Å². The van der Waals surface area contributed by atoms with E-state index in [2.05, 4.69) is 0 Å². The zero-order valence-corrected chi connectivity index (χ0v) is 17.1. The van der Waals surface area contributed by atoms with E-state index in [0.717, 1.165) is 39.7 Å². The second-order valence-electron chi connectivity index (χ2n) is 6.70. The molecule has 0 radical (unpaired) electrons. The maximum Gasteiger partial charge on any atom is 0.274 e. The molecule has 29 heavy (non-hydrogen) atoms. The highest BCUT2D eigenvalue weighted by molar-refractivity contribution is 7.94. The van der Waals surface area contributed by atoms with Crippen LogP contribution in [-0.2, 0) is 21.2 Å². The number of amides is 1. The van der Waals surface area contributed by atoms with E-state index in [1.165, 1.54) is 30.3 Å². The minimum Gasteiger partial charge on any atom is -0.311 e. The first-order chi connectivity index (χ1) is 14.0. The molecule has 0 spiro atoms. The zero-order valence-electron chi connectivity index (χ0n) is 15.5. The third kappa shape index (κ3) is 3.90. The lowest BCUT2D eigenvalue weighted by Gasteiger charge is -2.32. The Kier molecular flexibility index (Phi) is 5.38. The highest BCUT2D eigenvalue weighted by atomic mass is 32.2. The molecule has 150 valence electrons. The van der Waals surface area contributed by atoms with Gasteiger partial charge in [-0.05, 0) is 60.2 Å². The Bertz CT molecular complexity index is 1110. The van der Waals surface area contributed by atoms with Gasteiger partial charge in [0.05, 0.1) is 5.69 Å². The minimum atomic E-state index is -3.95. The molecular formula is C21H19FN2O3S2. The van der Waals surface area contributed by atoms with Crippen LogP contribution in [0.5, 0.6) is 0 Å². The molecule has 2 aromatic carbocycles. The third-order valence-electron chi connectivity index (χ3n) is 4.84. The van der Waals surface area contributed by atoms with Gasteiger partial charge in [0.2, 0.25) is 5.91 Å². The summed E-state index contributed by atoms with van der Waals surface area (Å²) in [7, 11) is -3.95. The largest absolute Gasteiger partial charge is 0.311 e. The summed E-state index contributed by atoms with van der Waals surface area (Å²) in [6.07, 6.45) is 1.70. The molecule has 0 aliphatic carbocycles. The summed E-state index contributed by atoms with van der Waals surface area (Å²) in [6.45, 7) is 0.173. The number of sulfonamides is 1. The predicted molar refractivity (Wildman–Crippen MR) is 112 cm³/mol. The number of para-hydroxylation sites is 1. The van der Waals surface area contributed by atoms with Crippen molar-refractivity contribution in [2.45, 2.75) is 17.1 Å². The van der Waals surface area contributed by atoms with Crippen LogP contribution in [0.25, 0.3) is 0 Å². The number of hydrogen-bond acceptors (Lipinski definition) is 4. The lowest BCUT2D eigenvalue weighted by Crippen LogP contribution is -2.44. The van der Waals surface area contributed by atoms with Crippen molar-refractivity contribution in [3.8, 4) is 0 Å². The number of thiophene rings is 1. The van der Waals surface area contributed by atoms with Gasteiger partial charge < -0.3 is 4.90 Å². The summed E-state index contributed by atoms with van der Waals surface area (Å²) >= 11 is 1.08. The molecule has 1 amide bonds. The van der Waals surface area contributed by atoms with Crippen molar-refractivity contribution in [2.24, 2.45) is 0 Å². The fourth-order valence-corrected chi connectivity index (χ4v) is 5.96. The van der Waals surface area contributed by atoms with E-state index in [9.17, 15) is 17.6 Å². The molecule has 5 nitrogen and oxygen atoms in total. The van der Waals surface area contributed by atoms with Gasteiger partial charge in [0.1, 0.15) is 16.6 Å². The molecule has 3 aromatic rings. The maximum absolute atomic E-state index is 13.4. The van der Waals surface area contributed by atoms with Crippen molar-refractivity contribution in [1.82, 2.24) is 0 Å². The molecule has 0 N–H and O–H groups in total. The second kappa shape index (κ2) is 7.96. The molecule has 0 saturated carbocycles. The molecule has 8 heteroatoms. The highest BCUT2D eigenvalue weighted by Gasteiger charge is 2.31. The number of carbonyl (C=O) groups excluding carboxylic acids is 1. The normalized spacial score (nSPS) is 13.8. The van der Waals surface area contributed by atoms with E-state index in [1.807, 2.05) is 24.3 Å². The summed E-state index contributed by atoms with van der Waals surface area (Å²) in [4.78, 5) is 14.8. The lowest BCUT2D eigenvalue weighted by molar-refractivity contribution is -0.117. The van der Waals surface area contributed by atoms with Gasteiger partial charge in [-0.1, -0.05) is 24.3 Å². The van der Waals surface area contributed by atoms with Crippen LogP contribution >= 0.6 is 11.3 Å². The Morgan fingerprint density at radius 1 is 1.07 bits per heavy atom. The van der Waals surface area contributed by atoms with Gasteiger partial charge in [0.25, 0.3) is 10.0 Å². The van der Waals surface area contributed by atoms with Gasteiger partial charge in [-0.15, -0.1) is 11.3 Å². The molecule has 0 unspecified atom stereocenters. The smallest absolute Gasteiger partial charge is 0.274 e. The van der Waals surface area contributed by atoms with E-state index >= 15 is 0 Å². The summed E-state index contributed by atoms with van der Waals surface area (Å²) in [5, 5.41) is 1.67. The molecule has 0 saturated heterocycles. The number of rotatable bonds is 5. The number of carbonyl (C=O) groups is 1. The first kappa shape index (κ1) is 19.6. The molecular weight excluding hydrogens is 411 g/mol. The average molecular weight is 431 g/mol. The van der Waals surface area contributed by atoms with Crippen LogP contribution in [0.1, 0.15) is 12.0 Å². The highest BCUT2D eigenvalue weighted by Crippen LogP contribution is 2.30. The molecule has 2 heterocycles. The number of anilines is 2. The number of fused-ring (bicyclic) bond motifs is 1. The quantitative estimate of drug-likeness (QED) is 0.613. The second-order valence-corrected chi connectivity index (χ2v) is 9.73. The summed E-state index contributed by atoms with van der Waals surface area (Å²) in [6, 6.07) is 15.9. The predicted octanol–water partition coefficient (Wildman–Crippen LogP) is 4.06. The minimum absolute atomic E-state index is 0.133. The van der Waals surface area contributed by atoms with E-state index in [1.54, 1.807) is 16.3 Å². The Morgan fingerprint density at radius 3 is 2.55 bits per heavy atom. The van der Waals surface area contributed by atoms with Gasteiger partial charge >= 0.3 is 0 Å². The Morgan fingerprint density at radius 2 is 1.83 bits per heavy atom. The fourth-order valence-electron chi connectivity index (χ4n) is 3.44. The molecule has 1 aliphatic heterocycles. The molecule has 1 aromatic heterocycles. The molecule has 1 aliphatic rings. The third-order valence-corrected chi connectivity index (χ3v) is 7.99. The Labute approximate surface area is 173 Å². The molecule has 0 bridgehead atoms. The van der Waals surface area contributed by atoms with Gasteiger partial charge in [0, 0.05) is 12.2 Å². The average Bonchev–Trinajstić information content (AvgIpc) is 3.28. The fraction of sp³-hybridized carbons (Fsp3) is 0.190. The molecule has 4 rings (SSSR count). The van der Waals surface area contributed by atoms with Crippen LogP contribution in [0.4, 0.5) is 15.8 Å². The van der Waals surface area contributed by atoms with Crippen LogP contribution in [-0.4, -0.2) is 27.4 Å². The molecule has 0 atom stereocenters. The van der Waals surface area contributed by atoms with Crippen LogP contribution in [0, 0.1) is 5.82 Å². The van der Waals surface area contributed by atoms with E-state index in [4.69, 9.17) is 0 Å². The van der Waals surface area contributed by atoms with E-state index in [0.29, 0.717) is 6.54 Å². The topological polar surface area (TPSA) is 57.7 Å². The van der Waals surface area contributed by atoms with Crippen molar-refractivity contribution in [1.29, 1.82) is 0 Å².